The standard InChI is InChI=1S/C42H44N6O9S/c1-6-44-39(49)35-22-29-36(46-41(43)47-40(29)58-35)26-8-7-9-28(18-26)55-17-14-24-12-15-48(16-13-24)42(50)56-32-19-25(10-11-31(32)51-2)30-23-45-57-37(30)27-20-33(52-3)38(54-5)34(21-27)53-4/h7-11,18-24H,6,12-17H2,1-5H3,(H,44,49)(H2,43,46,47). The third-order valence-corrected chi connectivity index (χ3v) is 10.9. The molecule has 1 aliphatic rings. The van der Waals surface area contributed by atoms with E-state index in [9.17, 15) is 9.59 Å². The molecule has 4 heterocycles. The van der Waals surface area contributed by atoms with Crippen molar-refractivity contribution < 1.29 is 42.5 Å². The topological polar surface area (TPSA) is 183 Å². The molecule has 0 unspecified atom stereocenters. The Hall–Kier alpha value is -6.55. The largest absolute Gasteiger partial charge is 0.494 e. The SMILES string of the molecule is CCNC(=O)c1cc2c(-c3cccc(OCCC4CCN(C(=O)Oc5cc(-c6cnoc6-c6cc(OC)c(OC)c(OC)c6)ccc5OC)CC4)c3)nc(N)nc2s1. The number of likely N-dealkylation sites (tertiary alicyclic amines) is 1. The van der Waals surface area contributed by atoms with Crippen molar-refractivity contribution in [1.82, 2.24) is 25.3 Å². The number of aromatic nitrogens is 3. The maximum absolute atomic E-state index is 13.5. The van der Waals surface area contributed by atoms with Gasteiger partial charge in [0.25, 0.3) is 5.91 Å². The second-order valence-corrected chi connectivity index (χ2v) is 14.5. The van der Waals surface area contributed by atoms with Crippen LogP contribution < -0.4 is 39.5 Å². The molecule has 0 radical (unpaired) electrons. The summed E-state index contributed by atoms with van der Waals surface area (Å²) >= 11 is 1.28. The Labute approximate surface area is 339 Å². The summed E-state index contributed by atoms with van der Waals surface area (Å²) in [5.74, 6) is 3.56. The lowest BCUT2D eigenvalue weighted by molar-refractivity contribution is 0.0959. The molecule has 58 heavy (non-hydrogen) atoms. The molecular weight excluding hydrogens is 765 g/mol. The van der Waals surface area contributed by atoms with Gasteiger partial charge in [-0.15, -0.1) is 11.3 Å². The summed E-state index contributed by atoms with van der Waals surface area (Å²) in [6.45, 7) is 3.99. The molecule has 16 heteroatoms. The number of anilines is 1. The summed E-state index contributed by atoms with van der Waals surface area (Å²) in [7, 11) is 6.15. The van der Waals surface area contributed by atoms with Gasteiger partial charge in [0.1, 0.15) is 10.6 Å². The molecule has 15 nitrogen and oxygen atoms in total. The van der Waals surface area contributed by atoms with Gasteiger partial charge in [0.15, 0.2) is 28.8 Å². The number of thiophene rings is 1. The minimum atomic E-state index is -0.458. The number of piperidine rings is 1. The quantitative estimate of drug-likeness (QED) is 0.109. The van der Waals surface area contributed by atoms with Gasteiger partial charge in [-0.05, 0) is 80.1 Å². The minimum absolute atomic E-state index is 0.135. The third kappa shape index (κ3) is 8.41. The molecule has 6 aromatic rings. The molecule has 1 aliphatic heterocycles. The Morgan fingerprint density at radius 2 is 1.62 bits per heavy atom. The summed E-state index contributed by atoms with van der Waals surface area (Å²) in [6, 6.07) is 18.3. The van der Waals surface area contributed by atoms with Crippen molar-refractivity contribution >= 4 is 39.5 Å². The molecule has 0 atom stereocenters. The van der Waals surface area contributed by atoms with Crippen molar-refractivity contribution in [2.75, 3.05) is 60.4 Å². The van der Waals surface area contributed by atoms with E-state index in [0.717, 1.165) is 30.2 Å². The number of hydrogen-bond donors (Lipinski definition) is 2. The lowest BCUT2D eigenvalue weighted by Crippen LogP contribution is -2.40. The van der Waals surface area contributed by atoms with Crippen LogP contribution in [0, 0.1) is 5.92 Å². The number of rotatable bonds is 14. The van der Waals surface area contributed by atoms with Crippen LogP contribution in [0.2, 0.25) is 0 Å². The lowest BCUT2D eigenvalue weighted by Gasteiger charge is -2.31. The highest BCUT2D eigenvalue weighted by Gasteiger charge is 2.26. The summed E-state index contributed by atoms with van der Waals surface area (Å²) in [5.41, 5.74) is 9.52. The third-order valence-electron chi connectivity index (χ3n) is 9.92. The van der Waals surface area contributed by atoms with Gasteiger partial charge in [-0.25, -0.2) is 14.8 Å². The molecule has 0 bridgehead atoms. The van der Waals surface area contributed by atoms with Crippen LogP contribution in [0.1, 0.15) is 35.9 Å². The van der Waals surface area contributed by atoms with Crippen molar-refractivity contribution in [3.63, 3.8) is 0 Å². The van der Waals surface area contributed by atoms with E-state index in [0.29, 0.717) is 98.8 Å². The van der Waals surface area contributed by atoms with Crippen LogP contribution in [-0.4, -0.2) is 86.7 Å². The summed E-state index contributed by atoms with van der Waals surface area (Å²) < 4.78 is 39.9. The van der Waals surface area contributed by atoms with Crippen LogP contribution in [-0.2, 0) is 0 Å². The number of nitrogens with one attached hydrogen (secondary N) is 1. The summed E-state index contributed by atoms with van der Waals surface area (Å²) in [4.78, 5) is 37.7. The van der Waals surface area contributed by atoms with Crippen molar-refractivity contribution in [3.05, 3.63) is 71.7 Å². The first-order valence-corrected chi connectivity index (χ1v) is 19.5. The molecule has 3 aromatic heterocycles. The molecule has 1 saturated heterocycles. The zero-order valence-electron chi connectivity index (χ0n) is 32.8. The van der Waals surface area contributed by atoms with Gasteiger partial charge in [0.05, 0.1) is 51.8 Å². The van der Waals surface area contributed by atoms with Gasteiger partial charge in [-0.3, -0.25) is 4.79 Å². The Morgan fingerprint density at radius 3 is 2.33 bits per heavy atom. The number of hydrogen-bond acceptors (Lipinski definition) is 14. The van der Waals surface area contributed by atoms with E-state index in [1.54, 1.807) is 55.6 Å². The number of carbonyl (C=O) groups excluding carboxylic acids is 2. The van der Waals surface area contributed by atoms with E-state index >= 15 is 0 Å². The zero-order chi connectivity index (χ0) is 40.8. The fraction of sp³-hybridized carbons (Fsp3) is 0.310. The smallest absolute Gasteiger partial charge is 0.415 e. The number of nitrogens with zero attached hydrogens (tertiary/aromatic N) is 4. The van der Waals surface area contributed by atoms with Crippen molar-refractivity contribution in [1.29, 1.82) is 0 Å². The van der Waals surface area contributed by atoms with Gasteiger partial charge in [0.2, 0.25) is 11.7 Å². The molecule has 0 spiro atoms. The predicted molar refractivity (Wildman–Crippen MR) is 219 cm³/mol. The van der Waals surface area contributed by atoms with Crippen molar-refractivity contribution in [3.8, 4) is 68.2 Å². The van der Waals surface area contributed by atoms with Crippen LogP contribution in [0.4, 0.5) is 10.7 Å². The predicted octanol–water partition coefficient (Wildman–Crippen LogP) is 7.73. The summed E-state index contributed by atoms with van der Waals surface area (Å²) in [6.07, 6.45) is 3.57. The number of nitrogens with two attached hydrogens (primary N) is 1. The van der Waals surface area contributed by atoms with E-state index < -0.39 is 6.09 Å². The maximum atomic E-state index is 13.5. The molecule has 7 rings (SSSR count). The fourth-order valence-electron chi connectivity index (χ4n) is 6.95. The Kier molecular flexibility index (Phi) is 12.1. The lowest BCUT2D eigenvalue weighted by atomic mass is 9.94. The Bertz CT molecular complexity index is 2400. The summed E-state index contributed by atoms with van der Waals surface area (Å²) in [5, 5.41) is 7.64. The van der Waals surface area contributed by atoms with Crippen molar-refractivity contribution in [2.45, 2.75) is 26.2 Å². The van der Waals surface area contributed by atoms with Crippen LogP contribution in [0.5, 0.6) is 34.5 Å². The molecule has 1 fully saturated rings. The van der Waals surface area contributed by atoms with Gasteiger partial charge >= 0.3 is 6.09 Å². The first-order valence-electron chi connectivity index (χ1n) is 18.7. The number of ether oxygens (including phenoxy) is 6. The molecule has 302 valence electrons. The van der Waals surface area contributed by atoms with E-state index in [-0.39, 0.29) is 17.6 Å². The fourth-order valence-corrected chi connectivity index (χ4v) is 7.90. The number of benzene rings is 3. The Morgan fingerprint density at radius 1 is 0.879 bits per heavy atom. The highest BCUT2D eigenvalue weighted by molar-refractivity contribution is 7.20. The second-order valence-electron chi connectivity index (χ2n) is 13.4. The first-order chi connectivity index (χ1) is 28.2. The van der Waals surface area contributed by atoms with Crippen LogP contribution in [0.3, 0.4) is 0 Å². The van der Waals surface area contributed by atoms with Gasteiger partial charge < -0.3 is 48.9 Å². The highest BCUT2D eigenvalue weighted by atomic mass is 32.1. The molecule has 3 N–H and O–H groups in total. The molecule has 0 saturated carbocycles. The van der Waals surface area contributed by atoms with E-state index in [4.69, 9.17) is 38.7 Å². The van der Waals surface area contributed by atoms with Crippen molar-refractivity contribution in [2.24, 2.45) is 5.92 Å². The van der Waals surface area contributed by atoms with E-state index in [1.165, 1.54) is 25.6 Å². The van der Waals surface area contributed by atoms with Crippen LogP contribution >= 0.6 is 11.3 Å². The van der Waals surface area contributed by atoms with Crippen LogP contribution in [0.15, 0.2) is 71.4 Å². The van der Waals surface area contributed by atoms with E-state index in [1.807, 2.05) is 37.3 Å². The van der Waals surface area contributed by atoms with E-state index in [2.05, 4.69) is 20.4 Å². The maximum Gasteiger partial charge on any atom is 0.415 e. The number of carbonyl (C=O) groups is 2. The number of methoxy groups -OCH3 is 4. The highest BCUT2D eigenvalue weighted by Crippen LogP contribution is 2.44. The average Bonchev–Trinajstić information content (AvgIpc) is 3.92. The number of nitrogen functional groups attached to an aromatic ring is 1. The second kappa shape index (κ2) is 17.7. The van der Waals surface area contributed by atoms with Gasteiger partial charge in [-0.1, -0.05) is 23.4 Å². The Balaban J connectivity index is 0.961. The minimum Gasteiger partial charge on any atom is -0.494 e. The molecule has 3 aromatic carbocycles. The number of amides is 2. The van der Waals surface area contributed by atoms with Gasteiger partial charge in [0, 0.05) is 41.7 Å². The zero-order valence-corrected chi connectivity index (χ0v) is 33.6. The molecular formula is C42H44N6O9S. The first kappa shape index (κ1) is 39.7. The number of fused-ring (bicyclic) bond motifs is 1. The monoisotopic (exact) mass is 808 g/mol. The normalized spacial score (nSPS) is 12.9. The average molecular weight is 809 g/mol. The van der Waals surface area contributed by atoms with Gasteiger partial charge in [-0.2, -0.15) is 0 Å². The van der Waals surface area contributed by atoms with Crippen LogP contribution in [0.25, 0.3) is 43.9 Å². The molecule has 0 aliphatic carbocycles. The molecule has 2 amide bonds.